The number of hydrogen-bond acceptors (Lipinski definition) is 5. The van der Waals surface area contributed by atoms with E-state index in [1.807, 2.05) is 11.8 Å². The quantitative estimate of drug-likeness (QED) is 0.926. The number of rotatable bonds is 4. The number of amides is 1. The van der Waals surface area contributed by atoms with Crippen LogP contribution in [0.5, 0.6) is 5.75 Å². The molecule has 3 rings (SSSR count). The fourth-order valence-electron chi connectivity index (χ4n) is 2.83. The SMILES string of the molecule is CCOc1cc(Cl)ccc1C(=O)N1CCC[C@@H](c2nn[nH]n2)C1. The molecule has 1 N–H and O–H groups in total. The minimum Gasteiger partial charge on any atom is -0.493 e. The summed E-state index contributed by atoms with van der Waals surface area (Å²) in [7, 11) is 0. The van der Waals surface area contributed by atoms with Gasteiger partial charge in [0.1, 0.15) is 5.75 Å². The van der Waals surface area contributed by atoms with Crippen molar-refractivity contribution in [2.24, 2.45) is 0 Å². The highest BCUT2D eigenvalue weighted by atomic mass is 35.5. The van der Waals surface area contributed by atoms with E-state index >= 15 is 0 Å². The van der Waals surface area contributed by atoms with E-state index in [1.54, 1.807) is 18.2 Å². The molecule has 23 heavy (non-hydrogen) atoms. The fourth-order valence-corrected chi connectivity index (χ4v) is 3.00. The lowest BCUT2D eigenvalue weighted by molar-refractivity contribution is 0.0700. The molecule has 1 aromatic carbocycles. The number of tetrazole rings is 1. The van der Waals surface area contributed by atoms with Crippen LogP contribution in [0, 0.1) is 0 Å². The van der Waals surface area contributed by atoms with Crippen molar-refractivity contribution < 1.29 is 9.53 Å². The zero-order chi connectivity index (χ0) is 16.2. The van der Waals surface area contributed by atoms with Crippen molar-refractivity contribution in [2.75, 3.05) is 19.7 Å². The number of aromatic amines is 1. The third-order valence-corrected chi connectivity index (χ3v) is 4.14. The van der Waals surface area contributed by atoms with Crippen molar-refractivity contribution in [3.8, 4) is 5.75 Å². The van der Waals surface area contributed by atoms with Crippen molar-refractivity contribution >= 4 is 17.5 Å². The van der Waals surface area contributed by atoms with Gasteiger partial charge in [-0.2, -0.15) is 5.21 Å². The van der Waals surface area contributed by atoms with Gasteiger partial charge in [0.05, 0.1) is 12.2 Å². The fraction of sp³-hybridized carbons (Fsp3) is 0.467. The first-order valence-corrected chi connectivity index (χ1v) is 8.01. The Hall–Kier alpha value is -2.15. The first-order valence-electron chi connectivity index (χ1n) is 7.64. The van der Waals surface area contributed by atoms with E-state index in [2.05, 4.69) is 20.6 Å². The number of piperidine rings is 1. The first-order chi connectivity index (χ1) is 11.2. The second kappa shape index (κ2) is 6.95. The Morgan fingerprint density at radius 1 is 1.52 bits per heavy atom. The van der Waals surface area contributed by atoms with Crippen LogP contribution in [0.4, 0.5) is 0 Å². The van der Waals surface area contributed by atoms with Gasteiger partial charge in [0.25, 0.3) is 5.91 Å². The first kappa shape index (κ1) is 15.7. The number of aromatic nitrogens is 4. The van der Waals surface area contributed by atoms with Crippen LogP contribution < -0.4 is 4.74 Å². The standard InChI is InChI=1S/C15H18ClN5O2/c1-2-23-13-8-11(16)5-6-12(13)15(22)21-7-3-4-10(9-21)14-17-19-20-18-14/h5-6,8,10H,2-4,7,9H2,1H3,(H,17,18,19,20)/t10-/m1/s1. The molecule has 1 aromatic heterocycles. The number of hydrogen-bond donors (Lipinski definition) is 1. The monoisotopic (exact) mass is 335 g/mol. The Labute approximate surface area is 139 Å². The lowest BCUT2D eigenvalue weighted by Crippen LogP contribution is -2.39. The molecule has 1 aliphatic heterocycles. The van der Waals surface area contributed by atoms with Crippen LogP contribution in [-0.4, -0.2) is 51.1 Å². The van der Waals surface area contributed by atoms with Crippen molar-refractivity contribution in [3.63, 3.8) is 0 Å². The van der Waals surface area contributed by atoms with E-state index in [0.717, 1.165) is 12.8 Å². The third-order valence-electron chi connectivity index (χ3n) is 3.91. The van der Waals surface area contributed by atoms with E-state index in [1.165, 1.54) is 0 Å². The number of halogens is 1. The van der Waals surface area contributed by atoms with E-state index in [0.29, 0.717) is 41.9 Å². The molecule has 1 aliphatic rings. The predicted octanol–water partition coefficient (Wildman–Crippen LogP) is 2.27. The van der Waals surface area contributed by atoms with Gasteiger partial charge >= 0.3 is 0 Å². The number of nitrogens with one attached hydrogen (secondary N) is 1. The molecule has 8 heteroatoms. The normalized spacial score (nSPS) is 18.0. The summed E-state index contributed by atoms with van der Waals surface area (Å²) in [4.78, 5) is 14.7. The van der Waals surface area contributed by atoms with E-state index in [4.69, 9.17) is 16.3 Å². The second-order valence-electron chi connectivity index (χ2n) is 5.43. The highest BCUT2D eigenvalue weighted by Gasteiger charge is 2.29. The van der Waals surface area contributed by atoms with Crippen molar-refractivity contribution in [2.45, 2.75) is 25.7 Å². The molecule has 1 fully saturated rings. The van der Waals surface area contributed by atoms with Crippen molar-refractivity contribution in [1.82, 2.24) is 25.5 Å². The van der Waals surface area contributed by atoms with Crippen LogP contribution in [0.15, 0.2) is 18.2 Å². The van der Waals surface area contributed by atoms with Crippen molar-refractivity contribution in [1.29, 1.82) is 0 Å². The number of carbonyl (C=O) groups is 1. The maximum Gasteiger partial charge on any atom is 0.257 e. The Morgan fingerprint density at radius 3 is 3.13 bits per heavy atom. The molecule has 2 heterocycles. The molecule has 0 aliphatic carbocycles. The van der Waals surface area contributed by atoms with Gasteiger partial charge in [-0.15, -0.1) is 10.2 Å². The van der Waals surface area contributed by atoms with Gasteiger partial charge < -0.3 is 9.64 Å². The van der Waals surface area contributed by atoms with Gasteiger partial charge in [-0.3, -0.25) is 4.79 Å². The van der Waals surface area contributed by atoms with Gasteiger partial charge in [0.15, 0.2) is 5.82 Å². The molecule has 122 valence electrons. The molecule has 0 unspecified atom stereocenters. The Balaban J connectivity index is 1.80. The summed E-state index contributed by atoms with van der Waals surface area (Å²) in [6, 6.07) is 5.10. The summed E-state index contributed by atoms with van der Waals surface area (Å²) >= 11 is 6.00. The number of likely N-dealkylation sites (tertiary alicyclic amines) is 1. The average molecular weight is 336 g/mol. The maximum absolute atomic E-state index is 12.9. The van der Waals surface area contributed by atoms with E-state index < -0.39 is 0 Å². The third kappa shape index (κ3) is 3.44. The molecule has 7 nitrogen and oxygen atoms in total. The maximum atomic E-state index is 12.9. The minimum absolute atomic E-state index is 0.0571. The number of H-pyrrole nitrogens is 1. The largest absolute Gasteiger partial charge is 0.493 e. The van der Waals surface area contributed by atoms with Crippen LogP contribution in [0.25, 0.3) is 0 Å². The van der Waals surface area contributed by atoms with Gasteiger partial charge in [-0.25, -0.2) is 0 Å². The van der Waals surface area contributed by atoms with Crippen molar-refractivity contribution in [3.05, 3.63) is 34.6 Å². The topological polar surface area (TPSA) is 84.0 Å². The second-order valence-corrected chi connectivity index (χ2v) is 5.87. The summed E-state index contributed by atoms with van der Waals surface area (Å²) < 4.78 is 5.56. The van der Waals surface area contributed by atoms with Crippen LogP contribution in [0.1, 0.15) is 41.9 Å². The number of carbonyl (C=O) groups excluding carboxylic acids is 1. The number of ether oxygens (including phenoxy) is 1. The van der Waals surface area contributed by atoms with Crippen LogP contribution >= 0.6 is 11.6 Å². The summed E-state index contributed by atoms with van der Waals surface area (Å²) in [5, 5.41) is 14.7. The predicted molar refractivity (Wildman–Crippen MR) is 84.7 cm³/mol. The number of benzene rings is 1. The Bertz CT molecular complexity index is 677. The van der Waals surface area contributed by atoms with Crippen LogP contribution in [-0.2, 0) is 0 Å². The molecular weight excluding hydrogens is 318 g/mol. The molecule has 0 spiro atoms. The molecular formula is C15H18ClN5O2. The lowest BCUT2D eigenvalue weighted by atomic mass is 9.96. The van der Waals surface area contributed by atoms with Gasteiger partial charge in [0.2, 0.25) is 0 Å². The molecule has 1 amide bonds. The molecule has 2 aromatic rings. The van der Waals surface area contributed by atoms with Gasteiger partial charge in [-0.05, 0) is 38.0 Å². The van der Waals surface area contributed by atoms with Gasteiger partial charge in [0, 0.05) is 24.0 Å². The molecule has 0 bridgehead atoms. The highest BCUT2D eigenvalue weighted by molar-refractivity contribution is 6.30. The molecule has 0 saturated carbocycles. The smallest absolute Gasteiger partial charge is 0.257 e. The minimum atomic E-state index is -0.0571. The van der Waals surface area contributed by atoms with E-state index in [-0.39, 0.29) is 11.8 Å². The van der Waals surface area contributed by atoms with Crippen LogP contribution in [0.3, 0.4) is 0 Å². The lowest BCUT2D eigenvalue weighted by Gasteiger charge is -2.31. The van der Waals surface area contributed by atoms with E-state index in [9.17, 15) is 4.79 Å². The Kier molecular flexibility index (Phi) is 4.76. The zero-order valence-corrected chi connectivity index (χ0v) is 13.6. The summed E-state index contributed by atoms with van der Waals surface area (Å²) in [6.45, 7) is 3.64. The zero-order valence-electron chi connectivity index (χ0n) is 12.8. The van der Waals surface area contributed by atoms with Crippen LogP contribution in [0.2, 0.25) is 5.02 Å². The molecule has 0 radical (unpaired) electrons. The Morgan fingerprint density at radius 2 is 2.39 bits per heavy atom. The number of nitrogens with zero attached hydrogens (tertiary/aromatic N) is 4. The van der Waals surface area contributed by atoms with Gasteiger partial charge in [-0.1, -0.05) is 16.8 Å². The summed E-state index contributed by atoms with van der Waals surface area (Å²) in [5.41, 5.74) is 0.532. The summed E-state index contributed by atoms with van der Waals surface area (Å²) in [6.07, 6.45) is 1.85. The molecule has 1 saturated heterocycles. The average Bonchev–Trinajstić information content (AvgIpc) is 3.09. The highest BCUT2D eigenvalue weighted by Crippen LogP contribution is 2.29. The molecule has 1 atom stereocenters. The summed E-state index contributed by atoms with van der Waals surface area (Å²) in [5.74, 6) is 1.22.